The van der Waals surface area contributed by atoms with Gasteiger partial charge in [0.15, 0.2) is 0 Å². The molecule has 1 aromatic heterocycles. The second-order valence-corrected chi connectivity index (χ2v) is 3.00. The summed E-state index contributed by atoms with van der Waals surface area (Å²) in [5.74, 6) is -0.501. The van der Waals surface area contributed by atoms with Crippen molar-refractivity contribution in [2.75, 3.05) is 13.2 Å². The van der Waals surface area contributed by atoms with E-state index in [-0.39, 0.29) is 13.2 Å². The summed E-state index contributed by atoms with van der Waals surface area (Å²) in [6.45, 7) is 4.96. The highest BCUT2D eigenvalue weighted by atomic mass is 16.6. The Balaban J connectivity index is 2.19. The van der Waals surface area contributed by atoms with Gasteiger partial charge in [0.1, 0.15) is 19.5 Å². The molecular weight excluding hydrogens is 212 g/mol. The normalized spacial score (nSPS) is 9.56. The average molecular weight is 224 g/mol. The molecule has 0 unspecified atom stereocenters. The van der Waals surface area contributed by atoms with Crippen LogP contribution in [0.15, 0.2) is 30.9 Å². The van der Waals surface area contributed by atoms with Crippen molar-refractivity contribution in [2.45, 2.75) is 6.92 Å². The lowest BCUT2D eigenvalue weighted by Gasteiger charge is -2.05. The van der Waals surface area contributed by atoms with Crippen LogP contribution < -0.4 is 0 Å². The Labute approximate surface area is 92.5 Å². The van der Waals surface area contributed by atoms with E-state index in [1.807, 2.05) is 0 Å². The molecule has 0 amide bonds. The summed E-state index contributed by atoms with van der Waals surface area (Å²) >= 11 is 0. The zero-order valence-corrected chi connectivity index (χ0v) is 8.88. The van der Waals surface area contributed by atoms with E-state index in [1.54, 1.807) is 6.92 Å². The third-order valence-corrected chi connectivity index (χ3v) is 1.61. The highest BCUT2D eigenvalue weighted by Gasteiger charge is 2.06. The van der Waals surface area contributed by atoms with Gasteiger partial charge in [0, 0.05) is 18.0 Å². The van der Waals surface area contributed by atoms with E-state index in [1.165, 1.54) is 23.3 Å². The van der Waals surface area contributed by atoms with Crippen molar-refractivity contribution in [3.63, 3.8) is 0 Å². The molecule has 1 aromatic rings. The van der Waals surface area contributed by atoms with Gasteiger partial charge in [-0.05, 0) is 6.92 Å². The molecule has 0 aliphatic carbocycles. The largest absolute Gasteiger partial charge is 0.459 e. The Morgan fingerprint density at radius 2 is 2.06 bits per heavy atom. The SMILES string of the molecule is C=C(C)C(=O)OCCOC(=O)n1ccnc1. The molecule has 0 aliphatic heterocycles. The van der Waals surface area contributed by atoms with Crippen LogP contribution in [0, 0.1) is 0 Å². The summed E-state index contributed by atoms with van der Waals surface area (Å²) in [5, 5.41) is 0. The minimum Gasteiger partial charge on any atom is -0.459 e. The van der Waals surface area contributed by atoms with Crippen molar-refractivity contribution < 1.29 is 19.1 Å². The Hall–Kier alpha value is -2.11. The second kappa shape index (κ2) is 5.69. The van der Waals surface area contributed by atoms with E-state index in [9.17, 15) is 9.59 Å². The van der Waals surface area contributed by atoms with Crippen LogP contribution in [0.5, 0.6) is 0 Å². The Morgan fingerprint density at radius 3 is 2.62 bits per heavy atom. The number of imidazole rings is 1. The van der Waals surface area contributed by atoms with Crippen molar-refractivity contribution in [2.24, 2.45) is 0 Å². The quantitative estimate of drug-likeness (QED) is 0.433. The van der Waals surface area contributed by atoms with Gasteiger partial charge in [-0.3, -0.25) is 0 Å². The van der Waals surface area contributed by atoms with Gasteiger partial charge in [0.05, 0.1) is 0 Å². The first-order valence-corrected chi connectivity index (χ1v) is 4.59. The van der Waals surface area contributed by atoms with E-state index in [2.05, 4.69) is 11.6 Å². The molecule has 0 bridgehead atoms. The van der Waals surface area contributed by atoms with Crippen molar-refractivity contribution in [3.05, 3.63) is 30.9 Å². The Bertz CT molecular complexity index is 384. The smallest absolute Gasteiger partial charge is 0.419 e. The van der Waals surface area contributed by atoms with Crippen LogP contribution in [-0.4, -0.2) is 34.8 Å². The molecule has 0 atom stereocenters. The van der Waals surface area contributed by atoms with Gasteiger partial charge in [0.2, 0.25) is 0 Å². The molecule has 0 spiro atoms. The third-order valence-electron chi connectivity index (χ3n) is 1.61. The highest BCUT2D eigenvalue weighted by molar-refractivity contribution is 5.86. The Morgan fingerprint density at radius 1 is 1.38 bits per heavy atom. The lowest BCUT2D eigenvalue weighted by molar-refractivity contribution is -0.139. The zero-order valence-electron chi connectivity index (χ0n) is 8.88. The van der Waals surface area contributed by atoms with Gasteiger partial charge >= 0.3 is 12.1 Å². The molecule has 0 fully saturated rings. The van der Waals surface area contributed by atoms with Gasteiger partial charge in [-0.25, -0.2) is 19.1 Å². The van der Waals surface area contributed by atoms with Crippen LogP contribution in [0.2, 0.25) is 0 Å². The van der Waals surface area contributed by atoms with Gasteiger partial charge in [-0.2, -0.15) is 0 Å². The number of esters is 1. The van der Waals surface area contributed by atoms with Crippen LogP contribution >= 0.6 is 0 Å². The molecular formula is C10H12N2O4. The molecule has 86 valence electrons. The number of hydrogen-bond donors (Lipinski definition) is 0. The monoisotopic (exact) mass is 224 g/mol. The molecule has 0 radical (unpaired) electrons. The molecule has 0 aromatic carbocycles. The van der Waals surface area contributed by atoms with E-state index < -0.39 is 12.1 Å². The fourth-order valence-corrected chi connectivity index (χ4v) is 0.828. The first kappa shape index (κ1) is 12.0. The summed E-state index contributed by atoms with van der Waals surface area (Å²) in [6, 6.07) is 0. The minimum atomic E-state index is -0.566. The molecule has 1 rings (SSSR count). The van der Waals surface area contributed by atoms with Crippen LogP contribution in [0.1, 0.15) is 6.92 Å². The number of rotatable bonds is 4. The van der Waals surface area contributed by atoms with Crippen molar-refractivity contribution >= 4 is 12.1 Å². The summed E-state index contributed by atoms with van der Waals surface area (Å²) in [6.07, 6.45) is 3.68. The number of aromatic nitrogens is 2. The maximum Gasteiger partial charge on any atom is 0.419 e. The molecule has 6 heteroatoms. The zero-order chi connectivity index (χ0) is 12.0. The summed E-state index contributed by atoms with van der Waals surface area (Å²) in [5.41, 5.74) is 0.306. The second-order valence-electron chi connectivity index (χ2n) is 3.00. The lowest BCUT2D eigenvalue weighted by atomic mass is 10.4. The van der Waals surface area contributed by atoms with Crippen molar-refractivity contribution in [1.82, 2.24) is 9.55 Å². The van der Waals surface area contributed by atoms with E-state index in [0.717, 1.165) is 0 Å². The van der Waals surface area contributed by atoms with Crippen molar-refractivity contribution in [1.29, 1.82) is 0 Å². The van der Waals surface area contributed by atoms with Crippen LogP contribution in [-0.2, 0) is 14.3 Å². The van der Waals surface area contributed by atoms with E-state index in [4.69, 9.17) is 9.47 Å². The molecule has 0 N–H and O–H groups in total. The minimum absolute atomic E-state index is 0.00394. The molecule has 1 heterocycles. The topological polar surface area (TPSA) is 70.4 Å². The average Bonchev–Trinajstić information content (AvgIpc) is 2.76. The molecule has 6 nitrogen and oxygen atoms in total. The fourth-order valence-electron chi connectivity index (χ4n) is 0.828. The van der Waals surface area contributed by atoms with Gasteiger partial charge in [-0.1, -0.05) is 6.58 Å². The molecule has 0 aliphatic rings. The fraction of sp³-hybridized carbons (Fsp3) is 0.300. The summed E-state index contributed by atoms with van der Waals surface area (Å²) in [4.78, 5) is 25.9. The molecule has 0 saturated carbocycles. The first-order valence-electron chi connectivity index (χ1n) is 4.59. The van der Waals surface area contributed by atoms with Crippen LogP contribution in [0.25, 0.3) is 0 Å². The van der Waals surface area contributed by atoms with Gasteiger partial charge in [-0.15, -0.1) is 0 Å². The number of hydrogen-bond acceptors (Lipinski definition) is 5. The van der Waals surface area contributed by atoms with Crippen LogP contribution in [0.4, 0.5) is 4.79 Å². The number of carbonyl (C=O) groups is 2. The predicted octanol–water partition coefficient (Wildman–Crippen LogP) is 0.987. The molecule has 16 heavy (non-hydrogen) atoms. The van der Waals surface area contributed by atoms with E-state index in [0.29, 0.717) is 5.57 Å². The maximum absolute atomic E-state index is 11.2. The summed E-state index contributed by atoms with van der Waals surface area (Å²) in [7, 11) is 0. The molecule has 0 saturated heterocycles. The van der Waals surface area contributed by atoms with Crippen molar-refractivity contribution in [3.8, 4) is 0 Å². The first-order chi connectivity index (χ1) is 7.61. The standard InChI is InChI=1S/C10H12N2O4/c1-8(2)9(13)15-5-6-16-10(14)12-4-3-11-7-12/h3-4,7H,1,5-6H2,2H3. The third kappa shape index (κ3) is 3.56. The summed E-state index contributed by atoms with van der Waals surface area (Å²) < 4.78 is 10.7. The van der Waals surface area contributed by atoms with Crippen LogP contribution in [0.3, 0.4) is 0 Å². The highest BCUT2D eigenvalue weighted by Crippen LogP contribution is 1.93. The van der Waals surface area contributed by atoms with Gasteiger partial charge < -0.3 is 9.47 Å². The van der Waals surface area contributed by atoms with Gasteiger partial charge in [0.25, 0.3) is 0 Å². The number of nitrogens with zero attached hydrogens (tertiary/aromatic N) is 2. The maximum atomic E-state index is 11.2. The number of ether oxygens (including phenoxy) is 2. The predicted molar refractivity (Wildman–Crippen MR) is 54.7 cm³/mol. The Kier molecular flexibility index (Phi) is 4.26. The lowest BCUT2D eigenvalue weighted by Crippen LogP contribution is -2.17. The van der Waals surface area contributed by atoms with E-state index >= 15 is 0 Å². The number of carbonyl (C=O) groups excluding carboxylic acids is 2.